The number of likely N-dealkylation sites (tertiary alicyclic amines) is 1. The van der Waals surface area contributed by atoms with Crippen molar-refractivity contribution in [3.8, 4) is 0 Å². The van der Waals surface area contributed by atoms with Gasteiger partial charge >= 0.3 is 6.09 Å². The van der Waals surface area contributed by atoms with E-state index in [4.69, 9.17) is 4.74 Å². The molecule has 3 amide bonds. The number of hydrogen-bond donors (Lipinski definition) is 2. The Morgan fingerprint density at radius 1 is 1.30 bits per heavy atom. The van der Waals surface area contributed by atoms with E-state index < -0.39 is 11.7 Å². The molecular weight excluding hydrogens is 368 g/mol. The average Bonchev–Trinajstić information content (AvgIpc) is 3.02. The summed E-state index contributed by atoms with van der Waals surface area (Å²) in [5.41, 5.74) is 1.83. The minimum Gasteiger partial charge on any atom is -0.444 e. The van der Waals surface area contributed by atoms with Gasteiger partial charge in [-0.15, -0.1) is 11.3 Å². The van der Waals surface area contributed by atoms with Gasteiger partial charge in [0, 0.05) is 26.2 Å². The molecule has 0 bridgehead atoms. The summed E-state index contributed by atoms with van der Waals surface area (Å²) in [6.07, 6.45) is 1.03. The van der Waals surface area contributed by atoms with E-state index >= 15 is 0 Å². The normalized spacial score (nSPS) is 17.3. The van der Waals surface area contributed by atoms with E-state index in [0.29, 0.717) is 24.5 Å². The van der Waals surface area contributed by atoms with Crippen LogP contribution in [0, 0.1) is 12.8 Å². The monoisotopic (exact) mass is 396 g/mol. The smallest absolute Gasteiger partial charge is 0.407 e. The quantitative estimate of drug-likeness (QED) is 0.741. The number of alkyl carbamates (subject to hydrolysis) is 1. The molecule has 27 heavy (non-hydrogen) atoms. The minimum atomic E-state index is -0.554. The van der Waals surface area contributed by atoms with E-state index in [1.165, 1.54) is 11.3 Å². The Morgan fingerprint density at radius 2 is 2.00 bits per heavy atom. The molecule has 0 saturated carbocycles. The summed E-state index contributed by atoms with van der Waals surface area (Å²) in [5.74, 6) is -0.393. The molecule has 1 atom stereocenters. The summed E-state index contributed by atoms with van der Waals surface area (Å²) in [7, 11) is 0. The number of piperidine rings is 1. The molecule has 0 radical (unpaired) electrons. The van der Waals surface area contributed by atoms with Crippen molar-refractivity contribution in [2.24, 2.45) is 5.92 Å². The molecule has 1 aliphatic rings. The molecule has 1 fully saturated rings. The third-order valence-electron chi connectivity index (χ3n) is 4.11. The lowest BCUT2D eigenvalue weighted by molar-refractivity contribution is -0.126. The lowest BCUT2D eigenvalue weighted by Crippen LogP contribution is -2.46. The molecule has 8 nitrogen and oxygen atoms in total. The number of hydrogen-bond acceptors (Lipinski definition) is 6. The van der Waals surface area contributed by atoms with E-state index in [2.05, 4.69) is 15.6 Å². The molecule has 1 saturated heterocycles. The largest absolute Gasteiger partial charge is 0.444 e. The van der Waals surface area contributed by atoms with Crippen LogP contribution in [0.5, 0.6) is 0 Å². The predicted octanol–water partition coefficient (Wildman–Crippen LogP) is 1.94. The van der Waals surface area contributed by atoms with Crippen molar-refractivity contribution in [3.05, 3.63) is 16.1 Å². The lowest BCUT2D eigenvalue weighted by Gasteiger charge is -2.31. The molecule has 1 aliphatic heterocycles. The highest BCUT2D eigenvalue weighted by Gasteiger charge is 2.30. The second-order valence-corrected chi connectivity index (χ2v) is 8.43. The number of nitrogens with zero attached hydrogens (tertiary/aromatic N) is 2. The molecule has 2 rings (SSSR count). The van der Waals surface area contributed by atoms with Gasteiger partial charge < -0.3 is 20.3 Å². The van der Waals surface area contributed by atoms with Crippen LogP contribution in [0.25, 0.3) is 0 Å². The SMILES string of the molecule is Cc1ncsc1C(=O)N1CCCC(C(=O)NCCNC(=O)OC(C)(C)C)C1. The molecule has 1 unspecified atom stereocenters. The summed E-state index contributed by atoms with van der Waals surface area (Å²) < 4.78 is 5.14. The Bertz CT molecular complexity index is 683. The van der Waals surface area contributed by atoms with Gasteiger partial charge in [0.2, 0.25) is 5.91 Å². The zero-order valence-corrected chi connectivity index (χ0v) is 17.1. The van der Waals surface area contributed by atoms with E-state index in [0.717, 1.165) is 18.5 Å². The lowest BCUT2D eigenvalue weighted by atomic mass is 9.97. The predicted molar refractivity (Wildman–Crippen MR) is 103 cm³/mol. The maximum atomic E-state index is 12.6. The van der Waals surface area contributed by atoms with Crippen LogP contribution in [0.15, 0.2) is 5.51 Å². The zero-order valence-electron chi connectivity index (χ0n) is 16.3. The molecule has 9 heteroatoms. The van der Waals surface area contributed by atoms with Crippen LogP contribution in [-0.2, 0) is 9.53 Å². The number of carbonyl (C=O) groups is 3. The van der Waals surface area contributed by atoms with Crippen molar-refractivity contribution in [1.29, 1.82) is 0 Å². The summed E-state index contributed by atoms with van der Waals surface area (Å²) in [4.78, 5) is 43.0. The third kappa shape index (κ3) is 6.50. The fourth-order valence-corrected chi connectivity index (χ4v) is 3.60. The Balaban J connectivity index is 1.75. The number of rotatable bonds is 5. The molecule has 0 aromatic carbocycles. The maximum absolute atomic E-state index is 12.6. The van der Waals surface area contributed by atoms with E-state index in [1.807, 2.05) is 6.92 Å². The molecule has 1 aromatic rings. The number of thiazole rings is 1. The van der Waals surface area contributed by atoms with Gasteiger partial charge in [-0.2, -0.15) is 0 Å². The van der Waals surface area contributed by atoms with Crippen molar-refractivity contribution in [1.82, 2.24) is 20.5 Å². The van der Waals surface area contributed by atoms with Gasteiger partial charge in [0.1, 0.15) is 10.5 Å². The van der Waals surface area contributed by atoms with Crippen molar-refractivity contribution < 1.29 is 19.1 Å². The number of aromatic nitrogens is 1. The number of ether oxygens (including phenoxy) is 1. The van der Waals surface area contributed by atoms with Gasteiger partial charge in [-0.25, -0.2) is 9.78 Å². The maximum Gasteiger partial charge on any atom is 0.407 e. The second-order valence-electron chi connectivity index (χ2n) is 7.58. The molecule has 1 aromatic heterocycles. The highest BCUT2D eigenvalue weighted by molar-refractivity contribution is 7.11. The van der Waals surface area contributed by atoms with Crippen molar-refractivity contribution in [2.45, 2.75) is 46.1 Å². The summed E-state index contributed by atoms with van der Waals surface area (Å²) in [6, 6.07) is 0. The Morgan fingerprint density at radius 3 is 2.63 bits per heavy atom. The summed E-state index contributed by atoms with van der Waals surface area (Å²) in [6.45, 7) is 8.85. The van der Waals surface area contributed by atoms with Crippen LogP contribution >= 0.6 is 11.3 Å². The van der Waals surface area contributed by atoms with Crippen LogP contribution < -0.4 is 10.6 Å². The van der Waals surface area contributed by atoms with Gasteiger partial charge in [-0.05, 0) is 40.5 Å². The molecule has 150 valence electrons. The summed E-state index contributed by atoms with van der Waals surface area (Å²) in [5, 5.41) is 5.42. The average molecular weight is 397 g/mol. The van der Waals surface area contributed by atoms with Crippen molar-refractivity contribution in [2.75, 3.05) is 26.2 Å². The zero-order chi connectivity index (χ0) is 20.0. The minimum absolute atomic E-state index is 0.0564. The van der Waals surface area contributed by atoms with Gasteiger partial charge in [-0.3, -0.25) is 9.59 Å². The molecule has 2 heterocycles. The number of nitrogens with one attached hydrogen (secondary N) is 2. The van der Waals surface area contributed by atoms with Crippen molar-refractivity contribution in [3.63, 3.8) is 0 Å². The Kier molecular flexibility index (Phi) is 7.18. The van der Waals surface area contributed by atoms with Crippen LogP contribution in [0.2, 0.25) is 0 Å². The number of aryl methyl sites for hydroxylation is 1. The first-order valence-corrected chi connectivity index (χ1v) is 9.99. The van der Waals surface area contributed by atoms with Crippen LogP contribution in [0.4, 0.5) is 4.79 Å². The fourth-order valence-electron chi connectivity index (χ4n) is 2.84. The second kappa shape index (κ2) is 9.16. The first-order chi connectivity index (χ1) is 12.7. The number of carbonyl (C=O) groups excluding carboxylic acids is 3. The molecule has 0 spiro atoms. The standard InChI is InChI=1S/C18H28N4O4S/c1-12-14(27-11-21-12)16(24)22-9-5-6-13(10-22)15(23)19-7-8-20-17(25)26-18(2,3)4/h11,13H,5-10H2,1-4H3,(H,19,23)(H,20,25). The van der Waals surface area contributed by atoms with Gasteiger partial charge in [0.25, 0.3) is 5.91 Å². The van der Waals surface area contributed by atoms with Crippen LogP contribution in [-0.4, -0.2) is 59.6 Å². The molecular formula is C18H28N4O4S. The third-order valence-corrected chi connectivity index (χ3v) is 5.03. The van der Waals surface area contributed by atoms with Crippen LogP contribution in [0.1, 0.15) is 49.0 Å². The molecule has 2 N–H and O–H groups in total. The highest BCUT2D eigenvalue weighted by Crippen LogP contribution is 2.21. The first-order valence-electron chi connectivity index (χ1n) is 9.11. The van der Waals surface area contributed by atoms with E-state index in [1.54, 1.807) is 31.2 Å². The summed E-state index contributed by atoms with van der Waals surface area (Å²) >= 11 is 1.33. The number of amides is 3. The van der Waals surface area contributed by atoms with Crippen LogP contribution in [0.3, 0.4) is 0 Å². The van der Waals surface area contributed by atoms with E-state index in [-0.39, 0.29) is 24.3 Å². The van der Waals surface area contributed by atoms with Crippen molar-refractivity contribution >= 4 is 29.2 Å². The Labute approximate surface area is 163 Å². The van der Waals surface area contributed by atoms with Gasteiger partial charge in [-0.1, -0.05) is 0 Å². The first kappa shape index (κ1) is 21.1. The van der Waals surface area contributed by atoms with Gasteiger partial charge in [0.05, 0.1) is 17.1 Å². The highest BCUT2D eigenvalue weighted by atomic mass is 32.1. The van der Waals surface area contributed by atoms with Gasteiger partial charge in [0.15, 0.2) is 0 Å². The van der Waals surface area contributed by atoms with E-state index in [9.17, 15) is 14.4 Å². The topological polar surface area (TPSA) is 101 Å². The Hall–Kier alpha value is -2.16. The fraction of sp³-hybridized carbons (Fsp3) is 0.667. The molecule has 0 aliphatic carbocycles.